The van der Waals surface area contributed by atoms with Crippen molar-refractivity contribution in [2.24, 2.45) is 0 Å². The molecule has 0 radical (unpaired) electrons. The van der Waals surface area contributed by atoms with Crippen LogP contribution in [0.2, 0.25) is 0 Å². The maximum absolute atomic E-state index is 13.2. The number of thiophene rings is 1. The monoisotopic (exact) mass is 333 g/mol. The third-order valence-electron chi connectivity index (χ3n) is 4.80. The van der Waals surface area contributed by atoms with E-state index in [9.17, 15) is 4.79 Å². The van der Waals surface area contributed by atoms with Gasteiger partial charge in [0.15, 0.2) is 0 Å². The van der Waals surface area contributed by atoms with Crippen molar-refractivity contribution in [1.82, 2.24) is 9.55 Å². The van der Waals surface area contributed by atoms with Crippen molar-refractivity contribution in [3.05, 3.63) is 20.8 Å². The summed E-state index contributed by atoms with van der Waals surface area (Å²) in [6, 6.07) is 0. The van der Waals surface area contributed by atoms with Crippen LogP contribution in [0.15, 0.2) is 4.79 Å². The van der Waals surface area contributed by atoms with Crippen molar-refractivity contribution in [3.63, 3.8) is 0 Å². The lowest BCUT2D eigenvalue weighted by Gasteiger charge is -2.29. The van der Waals surface area contributed by atoms with Crippen LogP contribution in [0.25, 0.3) is 10.2 Å². The molecule has 0 spiro atoms. The Morgan fingerprint density at radius 3 is 2.78 bits per heavy atom. The zero-order valence-corrected chi connectivity index (χ0v) is 14.5. The number of ether oxygens (including phenoxy) is 1. The summed E-state index contributed by atoms with van der Waals surface area (Å²) < 4.78 is 7.35. The second kappa shape index (κ2) is 6.24. The van der Waals surface area contributed by atoms with Gasteiger partial charge >= 0.3 is 0 Å². The third kappa shape index (κ3) is 2.58. The minimum Gasteiger partial charge on any atom is -0.378 e. The highest BCUT2D eigenvalue weighted by atomic mass is 32.1. The molecule has 0 unspecified atom stereocenters. The number of morpholine rings is 1. The van der Waals surface area contributed by atoms with Gasteiger partial charge in [0.25, 0.3) is 5.56 Å². The van der Waals surface area contributed by atoms with E-state index in [1.807, 2.05) is 4.57 Å². The number of aromatic nitrogens is 2. The van der Waals surface area contributed by atoms with Gasteiger partial charge in [-0.1, -0.05) is 6.92 Å². The van der Waals surface area contributed by atoms with Crippen LogP contribution in [0.1, 0.15) is 36.6 Å². The number of fused-ring (bicyclic) bond motifs is 3. The van der Waals surface area contributed by atoms with E-state index in [2.05, 4.69) is 11.8 Å². The molecule has 0 saturated carbocycles. The topological polar surface area (TPSA) is 47.4 Å². The van der Waals surface area contributed by atoms with Gasteiger partial charge in [0.2, 0.25) is 5.95 Å². The third-order valence-corrected chi connectivity index (χ3v) is 5.98. The smallest absolute Gasteiger partial charge is 0.263 e. The van der Waals surface area contributed by atoms with Crippen LogP contribution in [0.3, 0.4) is 0 Å². The molecule has 0 atom stereocenters. The van der Waals surface area contributed by atoms with E-state index in [1.54, 1.807) is 11.3 Å². The molecule has 124 valence electrons. The molecular weight excluding hydrogens is 310 g/mol. The van der Waals surface area contributed by atoms with E-state index in [1.165, 1.54) is 23.3 Å². The van der Waals surface area contributed by atoms with Crippen LogP contribution in [0.5, 0.6) is 0 Å². The largest absolute Gasteiger partial charge is 0.378 e. The summed E-state index contributed by atoms with van der Waals surface area (Å²) in [5.74, 6) is 0.839. The van der Waals surface area contributed by atoms with Crippen molar-refractivity contribution in [2.45, 2.75) is 45.6 Å². The van der Waals surface area contributed by atoms with Crippen LogP contribution in [-0.2, 0) is 24.1 Å². The normalized spacial score (nSPS) is 18.4. The Morgan fingerprint density at radius 2 is 2.00 bits per heavy atom. The molecule has 0 aromatic carbocycles. The molecule has 4 rings (SSSR count). The Bertz CT molecular complexity index is 774. The molecule has 3 heterocycles. The average Bonchev–Trinajstić information content (AvgIpc) is 2.96. The highest BCUT2D eigenvalue weighted by molar-refractivity contribution is 7.18. The maximum atomic E-state index is 13.2. The number of hydrogen-bond acceptors (Lipinski definition) is 5. The van der Waals surface area contributed by atoms with Gasteiger partial charge in [0.1, 0.15) is 4.83 Å². The highest BCUT2D eigenvalue weighted by Gasteiger charge is 2.24. The van der Waals surface area contributed by atoms with E-state index < -0.39 is 0 Å². The molecule has 2 aromatic rings. The lowest BCUT2D eigenvalue weighted by atomic mass is 9.97. The number of anilines is 1. The first-order chi connectivity index (χ1) is 11.3. The summed E-state index contributed by atoms with van der Waals surface area (Å²) in [5.41, 5.74) is 1.45. The van der Waals surface area contributed by atoms with Crippen LogP contribution in [0, 0.1) is 0 Å². The van der Waals surface area contributed by atoms with Crippen LogP contribution in [-0.4, -0.2) is 35.9 Å². The second-order valence-corrected chi connectivity index (χ2v) is 7.44. The number of rotatable bonds is 3. The van der Waals surface area contributed by atoms with E-state index in [4.69, 9.17) is 9.72 Å². The molecule has 0 N–H and O–H groups in total. The molecule has 1 saturated heterocycles. The molecule has 0 amide bonds. The first kappa shape index (κ1) is 15.1. The fraction of sp³-hybridized carbons (Fsp3) is 0.647. The van der Waals surface area contributed by atoms with Gasteiger partial charge < -0.3 is 9.64 Å². The van der Waals surface area contributed by atoms with Crippen molar-refractivity contribution < 1.29 is 4.74 Å². The van der Waals surface area contributed by atoms with Crippen LogP contribution >= 0.6 is 11.3 Å². The van der Waals surface area contributed by atoms with Gasteiger partial charge in [-0.25, -0.2) is 4.98 Å². The standard InChI is InChI=1S/C17H23N3O2S/c1-2-7-20-16(21)14-12-5-3-4-6-13(12)23-15(14)18-17(20)19-8-10-22-11-9-19/h2-11H2,1H3. The zero-order chi connectivity index (χ0) is 15.8. The van der Waals surface area contributed by atoms with Crippen molar-refractivity contribution in [3.8, 4) is 0 Å². The summed E-state index contributed by atoms with van der Waals surface area (Å²) in [7, 11) is 0. The molecule has 1 aliphatic heterocycles. The second-order valence-electron chi connectivity index (χ2n) is 6.36. The van der Waals surface area contributed by atoms with Gasteiger partial charge in [-0.15, -0.1) is 11.3 Å². The van der Waals surface area contributed by atoms with Gasteiger partial charge in [-0.3, -0.25) is 9.36 Å². The first-order valence-corrected chi connectivity index (χ1v) is 9.49. The van der Waals surface area contributed by atoms with Crippen molar-refractivity contribution >= 4 is 27.5 Å². The average molecular weight is 333 g/mol. The number of aryl methyl sites for hydroxylation is 2. The predicted molar refractivity (Wildman–Crippen MR) is 93.8 cm³/mol. The molecule has 5 nitrogen and oxygen atoms in total. The van der Waals surface area contributed by atoms with E-state index in [0.29, 0.717) is 13.2 Å². The summed E-state index contributed by atoms with van der Waals surface area (Å²) in [6.07, 6.45) is 5.51. The lowest BCUT2D eigenvalue weighted by Crippen LogP contribution is -2.40. The Morgan fingerprint density at radius 1 is 1.22 bits per heavy atom. The summed E-state index contributed by atoms with van der Waals surface area (Å²) >= 11 is 1.74. The predicted octanol–water partition coefficient (Wildman–Crippen LogP) is 2.58. The molecule has 1 fully saturated rings. The summed E-state index contributed by atoms with van der Waals surface area (Å²) in [6.45, 7) is 5.89. The minimum atomic E-state index is 0.165. The molecular formula is C17H23N3O2S. The minimum absolute atomic E-state index is 0.165. The maximum Gasteiger partial charge on any atom is 0.263 e. The van der Waals surface area contributed by atoms with Gasteiger partial charge in [-0.05, 0) is 37.7 Å². The SMILES string of the molecule is CCCn1c(N2CCOCC2)nc2sc3c(c2c1=O)CCCC3. The van der Waals surface area contributed by atoms with E-state index in [0.717, 1.165) is 55.1 Å². The van der Waals surface area contributed by atoms with Crippen LogP contribution in [0.4, 0.5) is 5.95 Å². The Balaban J connectivity index is 1.91. The fourth-order valence-electron chi connectivity index (χ4n) is 3.66. The zero-order valence-electron chi connectivity index (χ0n) is 13.6. The first-order valence-electron chi connectivity index (χ1n) is 8.67. The van der Waals surface area contributed by atoms with Crippen molar-refractivity contribution in [1.29, 1.82) is 0 Å². The molecule has 2 aliphatic rings. The quantitative estimate of drug-likeness (QED) is 0.866. The highest BCUT2D eigenvalue weighted by Crippen LogP contribution is 2.34. The molecule has 6 heteroatoms. The van der Waals surface area contributed by atoms with E-state index >= 15 is 0 Å². The van der Waals surface area contributed by atoms with Crippen molar-refractivity contribution in [2.75, 3.05) is 31.2 Å². The number of nitrogens with zero attached hydrogens (tertiary/aromatic N) is 3. The molecule has 2 aromatic heterocycles. The summed E-state index contributed by atoms with van der Waals surface area (Å²) in [5, 5.41) is 0.898. The van der Waals surface area contributed by atoms with E-state index in [-0.39, 0.29) is 5.56 Å². The summed E-state index contributed by atoms with van der Waals surface area (Å²) in [4.78, 5) is 22.7. The fourth-order valence-corrected chi connectivity index (χ4v) is 4.90. The lowest BCUT2D eigenvalue weighted by molar-refractivity contribution is 0.121. The Labute approximate surface area is 139 Å². The van der Waals surface area contributed by atoms with Gasteiger partial charge in [0.05, 0.1) is 18.6 Å². The Hall–Kier alpha value is -1.40. The Kier molecular flexibility index (Phi) is 4.11. The molecule has 1 aliphatic carbocycles. The van der Waals surface area contributed by atoms with Gasteiger partial charge in [0, 0.05) is 24.5 Å². The van der Waals surface area contributed by atoms with Crippen LogP contribution < -0.4 is 10.5 Å². The number of hydrogen-bond donors (Lipinski definition) is 0. The van der Waals surface area contributed by atoms with Gasteiger partial charge in [-0.2, -0.15) is 0 Å². The molecule has 23 heavy (non-hydrogen) atoms. The molecule has 0 bridgehead atoms.